The number of hydrogen-bond acceptors (Lipinski definition) is 4. The lowest BCUT2D eigenvalue weighted by Crippen LogP contribution is -1.99. The third-order valence-electron chi connectivity index (χ3n) is 1.53. The van der Waals surface area contributed by atoms with E-state index in [4.69, 9.17) is 10.3 Å². The van der Waals surface area contributed by atoms with E-state index in [1.807, 2.05) is 0 Å². The molecule has 0 fully saturated rings. The van der Waals surface area contributed by atoms with Gasteiger partial charge in [0, 0.05) is 6.20 Å². The topological polar surface area (TPSA) is 65.7 Å². The Morgan fingerprint density at radius 1 is 1.67 bits per heavy atom. The summed E-state index contributed by atoms with van der Waals surface area (Å²) in [5.74, 6) is 0. The van der Waals surface area contributed by atoms with Gasteiger partial charge in [0.15, 0.2) is 0 Å². The van der Waals surface area contributed by atoms with E-state index in [2.05, 4.69) is 10.1 Å². The SMILES string of the molecule is CC(=NO)c1cc(CO)ccn1. The first kappa shape index (κ1) is 8.67. The number of aliphatic hydroxyl groups excluding tert-OH is 1. The molecule has 4 nitrogen and oxygen atoms in total. The van der Waals surface area contributed by atoms with Gasteiger partial charge in [0.2, 0.25) is 0 Å². The fourth-order valence-corrected chi connectivity index (χ4v) is 0.822. The first-order valence-electron chi connectivity index (χ1n) is 3.52. The Hall–Kier alpha value is -1.42. The molecule has 0 aliphatic heterocycles. The standard InChI is InChI=1S/C8H10N2O2/c1-6(10-12)8-4-7(5-11)2-3-9-8/h2-4,11-12H,5H2,1H3. The zero-order valence-corrected chi connectivity index (χ0v) is 6.73. The normalized spacial score (nSPS) is 11.7. The molecule has 0 aromatic carbocycles. The highest BCUT2D eigenvalue weighted by Crippen LogP contribution is 2.02. The van der Waals surface area contributed by atoms with Crippen molar-refractivity contribution in [2.24, 2.45) is 5.16 Å². The maximum atomic E-state index is 8.79. The Morgan fingerprint density at radius 2 is 2.42 bits per heavy atom. The van der Waals surface area contributed by atoms with E-state index in [-0.39, 0.29) is 6.61 Å². The van der Waals surface area contributed by atoms with Gasteiger partial charge in [-0.25, -0.2) is 0 Å². The van der Waals surface area contributed by atoms with Gasteiger partial charge in [-0.05, 0) is 24.6 Å². The molecule has 0 saturated carbocycles. The maximum Gasteiger partial charge on any atom is 0.102 e. The lowest BCUT2D eigenvalue weighted by Gasteiger charge is -1.99. The molecule has 0 amide bonds. The third-order valence-corrected chi connectivity index (χ3v) is 1.53. The van der Waals surface area contributed by atoms with E-state index in [9.17, 15) is 0 Å². The highest BCUT2D eigenvalue weighted by Gasteiger charge is 1.99. The molecule has 0 aliphatic rings. The Labute approximate surface area is 70.2 Å². The van der Waals surface area contributed by atoms with Gasteiger partial charge in [-0.2, -0.15) is 0 Å². The van der Waals surface area contributed by atoms with Crippen LogP contribution in [-0.2, 0) is 6.61 Å². The monoisotopic (exact) mass is 166 g/mol. The smallest absolute Gasteiger partial charge is 0.102 e. The number of aromatic nitrogens is 1. The van der Waals surface area contributed by atoms with Crippen molar-refractivity contribution in [1.82, 2.24) is 4.98 Å². The van der Waals surface area contributed by atoms with Crippen LogP contribution in [0.4, 0.5) is 0 Å². The van der Waals surface area contributed by atoms with Crippen molar-refractivity contribution in [1.29, 1.82) is 0 Å². The number of pyridine rings is 1. The minimum absolute atomic E-state index is 0.0335. The summed E-state index contributed by atoms with van der Waals surface area (Å²) >= 11 is 0. The Kier molecular flexibility index (Phi) is 2.76. The average molecular weight is 166 g/mol. The van der Waals surface area contributed by atoms with Crippen molar-refractivity contribution in [3.05, 3.63) is 29.6 Å². The van der Waals surface area contributed by atoms with E-state index < -0.39 is 0 Å². The highest BCUT2D eigenvalue weighted by molar-refractivity contribution is 5.96. The van der Waals surface area contributed by atoms with E-state index >= 15 is 0 Å². The lowest BCUT2D eigenvalue weighted by atomic mass is 10.2. The summed E-state index contributed by atoms with van der Waals surface area (Å²) in [6.07, 6.45) is 1.57. The van der Waals surface area contributed by atoms with Gasteiger partial charge in [0.1, 0.15) is 5.71 Å². The van der Waals surface area contributed by atoms with Crippen molar-refractivity contribution in [3.63, 3.8) is 0 Å². The first-order chi connectivity index (χ1) is 5.77. The second-order valence-corrected chi connectivity index (χ2v) is 2.39. The second kappa shape index (κ2) is 3.82. The summed E-state index contributed by atoms with van der Waals surface area (Å²) in [5, 5.41) is 20.2. The van der Waals surface area contributed by atoms with Gasteiger partial charge in [-0.1, -0.05) is 5.16 Å². The van der Waals surface area contributed by atoms with E-state index in [0.29, 0.717) is 11.4 Å². The molecule has 0 unspecified atom stereocenters. The molecule has 0 aliphatic carbocycles. The van der Waals surface area contributed by atoms with Crippen LogP contribution in [0.3, 0.4) is 0 Å². The maximum absolute atomic E-state index is 8.79. The van der Waals surface area contributed by atoms with E-state index in [1.165, 1.54) is 0 Å². The predicted octanol–water partition coefficient (Wildman–Crippen LogP) is 0.772. The molecular formula is C8H10N2O2. The van der Waals surface area contributed by atoms with Crippen molar-refractivity contribution >= 4 is 5.71 Å². The third kappa shape index (κ3) is 1.79. The number of oxime groups is 1. The van der Waals surface area contributed by atoms with E-state index in [0.717, 1.165) is 5.56 Å². The molecule has 0 atom stereocenters. The Balaban J connectivity index is 3.02. The van der Waals surface area contributed by atoms with Crippen molar-refractivity contribution in [3.8, 4) is 0 Å². The minimum Gasteiger partial charge on any atom is -0.411 e. The van der Waals surface area contributed by atoms with Gasteiger partial charge in [0.25, 0.3) is 0 Å². The minimum atomic E-state index is -0.0335. The summed E-state index contributed by atoms with van der Waals surface area (Å²) in [4.78, 5) is 3.96. The van der Waals surface area contributed by atoms with Crippen molar-refractivity contribution in [2.75, 3.05) is 0 Å². The van der Waals surface area contributed by atoms with Crippen LogP contribution in [0.1, 0.15) is 18.2 Å². The molecule has 1 aromatic heterocycles. The summed E-state index contributed by atoms with van der Waals surface area (Å²) in [5.41, 5.74) is 1.76. The fraction of sp³-hybridized carbons (Fsp3) is 0.250. The molecule has 0 bridgehead atoms. The zero-order valence-electron chi connectivity index (χ0n) is 6.73. The fourth-order valence-electron chi connectivity index (χ4n) is 0.822. The molecule has 0 radical (unpaired) electrons. The van der Waals surface area contributed by atoms with Crippen LogP contribution in [0, 0.1) is 0 Å². The van der Waals surface area contributed by atoms with Crippen molar-refractivity contribution in [2.45, 2.75) is 13.5 Å². The highest BCUT2D eigenvalue weighted by atomic mass is 16.4. The van der Waals surface area contributed by atoms with Crippen LogP contribution >= 0.6 is 0 Å². The van der Waals surface area contributed by atoms with Crippen LogP contribution in [0.15, 0.2) is 23.5 Å². The number of aliphatic hydroxyl groups is 1. The van der Waals surface area contributed by atoms with Gasteiger partial charge in [-0.15, -0.1) is 0 Å². The Bertz CT molecular complexity index is 297. The van der Waals surface area contributed by atoms with Gasteiger partial charge in [-0.3, -0.25) is 4.98 Å². The molecule has 4 heteroatoms. The van der Waals surface area contributed by atoms with E-state index in [1.54, 1.807) is 25.3 Å². The summed E-state index contributed by atoms with van der Waals surface area (Å²) < 4.78 is 0. The molecular weight excluding hydrogens is 156 g/mol. The first-order valence-corrected chi connectivity index (χ1v) is 3.52. The molecule has 1 heterocycles. The molecule has 1 aromatic rings. The number of hydrogen-bond donors (Lipinski definition) is 2. The lowest BCUT2D eigenvalue weighted by molar-refractivity contribution is 0.281. The molecule has 1 rings (SSSR count). The van der Waals surface area contributed by atoms with Crippen molar-refractivity contribution < 1.29 is 10.3 Å². The zero-order chi connectivity index (χ0) is 8.97. The van der Waals surface area contributed by atoms with Crippen LogP contribution in [0.5, 0.6) is 0 Å². The van der Waals surface area contributed by atoms with Gasteiger partial charge in [0.05, 0.1) is 12.3 Å². The number of nitrogens with zero attached hydrogens (tertiary/aromatic N) is 2. The molecule has 12 heavy (non-hydrogen) atoms. The van der Waals surface area contributed by atoms with Crippen LogP contribution in [0.2, 0.25) is 0 Å². The number of rotatable bonds is 2. The summed E-state index contributed by atoms with van der Waals surface area (Å²) in [6.45, 7) is 1.61. The molecule has 0 saturated heterocycles. The van der Waals surface area contributed by atoms with Crippen LogP contribution in [0.25, 0.3) is 0 Å². The van der Waals surface area contributed by atoms with Gasteiger partial charge >= 0.3 is 0 Å². The molecule has 64 valence electrons. The van der Waals surface area contributed by atoms with Crippen LogP contribution in [-0.4, -0.2) is 21.0 Å². The molecule has 0 spiro atoms. The average Bonchev–Trinajstić information content (AvgIpc) is 2.17. The van der Waals surface area contributed by atoms with Gasteiger partial charge < -0.3 is 10.3 Å². The largest absolute Gasteiger partial charge is 0.411 e. The predicted molar refractivity (Wildman–Crippen MR) is 44.2 cm³/mol. The summed E-state index contributed by atoms with van der Waals surface area (Å²) in [6, 6.07) is 3.38. The van der Waals surface area contributed by atoms with Crippen LogP contribution < -0.4 is 0 Å². The quantitative estimate of drug-likeness (QED) is 0.387. The Morgan fingerprint density at radius 3 is 3.00 bits per heavy atom. The molecule has 2 N–H and O–H groups in total. The summed E-state index contributed by atoms with van der Waals surface area (Å²) in [7, 11) is 0. The second-order valence-electron chi connectivity index (χ2n) is 2.39.